The number of hydrogen-bond acceptors (Lipinski definition) is 5. The predicted molar refractivity (Wildman–Crippen MR) is 81.0 cm³/mol. The molecule has 110 valence electrons. The minimum absolute atomic E-state index is 0.346. The number of anilines is 2. The number of carbonyl (C=O) groups excluding carboxylic acids is 1. The van der Waals surface area contributed by atoms with Crippen molar-refractivity contribution >= 4 is 17.3 Å². The fraction of sp³-hybridized carbons (Fsp3) is 0.533. The Labute approximate surface area is 120 Å². The third-order valence-electron chi connectivity index (χ3n) is 3.66. The van der Waals surface area contributed by atoms with E-state index >= 15 is 0 Å². The van der Waals surface area contributed by atoms with E-state index in [1.807, 2.05) is 0 Å². The average Bonchev–Trinajstić information content (AvgIpc) is 3.29. The normalized spacial score (nSPS) is 14.3. The van der Waals surface area contributed by atoms with Crippen LogP contribution in [0.3, 0.4) is 0 Å². The van der Waals surface area contributed by atoms with E-state index in [1.165, 1.54) is 20.0 Å². The summed E-state index contributed by atoms with van der Waals surface area (Å²) in [6.45, 7) is 5.07. The van der Waals surface area contributed by atoms with Gasteiger partial charge in [0.2, 0.25) is 0 Å². The van der Waals surface area contributed by atoms with Crippen molar-refractivity contribution in [1.29, 1.82) is 0 Å². The van der Waals surface area contributed by atoms with Gasteiger partial charge < -0.3 is 15.8 Å². The molecule has 1 aliphatic rings. The SMILES string of the molecule is CCN(CCNc1cc(C(=O)OC)ccc1N)C1CC1. The second-order valence-corrected chi connectivity index (χ2v) is 5.08. The Bertz CT molecular complexity index is 472. The van der Waals surface area contributed by atoms with E-state index in [0.717, 1.165) is 31.4 Å². The molecule has 1 aromatic rings. The molecule has 1 aliphatic carbocycles. The maximum Gasteiger partial charge on any atom is 0.337 e. The van der Waals surface area contributed by atoms with Gasteiger partial charge in [-0.05, 0) is 37.6 Å². The van der Waals surface area contributed by atoms with E-state index < -0.39 is 0 Å². The monoisotopic (exact) mass is 277 g/mol. The maximum atomic E-state index is 11.5. The second-order valence-electron chi connectivity index (χ2n) is 5.08. The maximum absolute atomic E-state index is 11.5. The number of nitrogens with one attached hydrogen (secondary N) is 1. The Morgan fingerprint density at radius 3 is 2.85 bits per heavy atom. The van der Waals surface area contributed by atoms with Crippen LogP contribution in [0.5, 0.6) is 0 Å². The summed E-state index contributed by atoms with van der Waals surface area (Å²) in [7, 11) is 1.38. The summed E-state index contributed by atoms with van der Waals surface area (Å²) in [4.78, 5) is 14.0. The lowest BCUT2D eigenvalue weighted by Crippen LogP contribution is -2.31. The van der Waals surface area contributed by atoms with Crippen molar-refractivity contribution < 1.29 is 9.53 Å². The Kier molecular flexibility index (Phi) is 4.84. The molecule has 0 aromatic heterocycles. The molecule has 0 aliphatic heterocycles. The van der Waals surface area contributed by atoms with Gasteiger partial charge >= 0.3 is 5.97 Å². The van der Waals surface area contributed by atoms with Gasteiger partial charge in [-0.3, -0.25) is 4.90 Å². The van der Waals surface area contributed by atoms with Crippen LogP contribution in [-0.4, -0.2) is 43.7 Å². The first-order valence-electron chi connectivity index (χ1n) is 7.11. The molecule has 3 N–H and O–H groups in total. The van der Waals surface area contributed by atoms with Gasteiger partial charge in [-0.15, -0.1) is 0 Å². The molecule has 20 heavy (non-hydrogen) atoms. The van der Waals surface area contributed by atoms with Crippen LogP contribution in [0.1, 0.15) is 30.1 Å². The summed E-state index contributed by atoms with van der Waals surface area (Å²) >= 11 is 0. The van der Waals surface area contributed by atoms with E-state index in [9.17, 15) is 4.79 Å². The highest BCUT2D eigenvalue weighted by Gasteiger charge is 2.27. The molecule has 0 heterocycles. The van der Waals surface area contributed by atoms with E-state index in [0.29, 0.717) is 11.3 Å². The number of nitrogen functional groups attached to an aromatic ring is 1. The van der Waals surface area contributed by atoms with Crippen molar-refractivity contribution in [3.8, 4) is 0 Å². The number of benzene rings is 1. The smallest absolute Gasteiger partial charge is 0.337 e. The molecule has 1 saturated carbocycles. The number of methoxy groups -OCH3 is 1. The van der Waals surface area contributed by atoms with Gasteiger partial charge in [0.15, 0.2) is 0 Å². The molecule has 0 unspecified atom stereocenters. The van der Waals surface area contributed by atoms with Crippen LogP contribution in [0.25, 0.3) is 0 Å². The number of carbonyl (C=O) groups is 1. The van der Waals surface area contributed by atoms with Crippen molar-refractivity contribution in [1.82, 2.24) is 4.90 Å². The summed E-state index contributed by atoms with van der Waals surface area (Å²) in [5.74, 6) is -0.346. The quantitative estimate of drug-likeness (QED) is 0.589. The molecule has 5 nitrogen and oxygen atoms in total. The summed E-state index contributed by atoms with van der Waals surface area (Å²) in [5.41, 5.74) is 7.87. The molecule has 0 spiro atoms. The first-order chi connectivity index (χ1) is 9.65. The highest BCUT2D eigenvalue weighted by atomic mass is 16.5. The van der Waals surface area contributed by atoms with Crippen LogP contribution in [0.15, 0.2) is 18.2 Å². The molecule has 0 radical (unpaired) electrons. The molecular formula is C15H23N3O2. The van der Waals surface area contributed by atoms with Crippen molar-refractivity contribution in [2.75, 3.05) is 37.8 Å². The van der Waals surface area contributed by atoms with Gasteiger partial charge in [0.1, 0.15) is 0 Å². The lowest BCUT2D eigenvalue weighted by atomic mass is 10.1. The zero-order valence-electron chi connectivity index (χ0n) is 12.2. The largest absolute Gasteiger partial charge is 0.465 e. The molecule has 2 rings (SSSR count). The zero-order chi connectivity index (χ0) is 14.5. The fourth-order valence-corrected chi connectivity index (χ4v) is 2.33. The second kappa shape index (κ2) is 6.61. The van der Waals surface area contributed by atoms with Gasteiger partial charge in [-0.1, -0.05) is 6.92 Å². The van der Waals surface area contributed by atoms with E-state index in [1.54, 1.807) is 18.2 Å². The van der Waals surface area contributed by atoms with Crippen molar-refractivity contribution in [3.05, 3.63) is 23.8 Å². The molecule has 1 fully saturated rings. The van der Waals surface area contributed by atoms with Gasteiger partial charge in [0.25, 0.3) is 0 Å². The van der Waals surface area contributed by atoms with Crippen LogP contribution >= 0.6 is 0 Å². The standard InChI is InChI=1S/C15H23N3O2/c1-3-18(12-5-6-12)9-8-17-14-10-11(15(19)20-2)4-7-13(14)16/h4,7,10,12,17H,3,5-6,8-9,16H2,1-2H3. The number of rotatable bonds is 7. The first kappa shape index (κ1) is 14.7. The van der Waals surface area contributed by atoms with Crippen LogP contribution in [-0.2, 0) is 4.74 Å². The van der Waals surface area contributed by atoms with Gasteiger partial charge in [-0.2, -0.15) is 0 Å². The molecular weight excluding hydrogens is 254 g/mol. The number of ether oxygens (including phenoxy) is 1. The minimum Gasteiger partial charge on any atom is -0.465 e. The van der Waals surface area contributed by atoms with Crippen LogP contribution in [0.2, 0.25) is 0 Å². The van der Waals surface area contributed by atoms with Gasteiger partial charge in [0, 0.05) is 19.1 Å². The van der Waals surface area contributed by atoms with Crippen LogP contribution in [0, 0.1) is 0 Å². The van der Waals surface area contributed by atoms with Gasteiger partial charge in [0.05, 0.1) is 24.0 Å². The number of likely N-dealkylation sites (N-methyl/N-ethyl adjacent to an activating group) is 1. The van der Waals surface area contributed by atoms with E-state index in [-0.39, 0.29) is 5.97 Å². The van der Waals surface area contributed by atoms with Crippen molar-refractivity contribution in [2.45, 2.75) is 25.8 Å². The summed E-state index contributed by atoms with van der Waals surface area (Å²) in [6.07, 6.45) is 2.63. The lowest BCUT2D eigenvalue weighted by molar-refractivity contribution is 0.0601. The Balaban J connectivity index is 1.92. The Morgan fingerprint density at radius 1 is 1.50 bits per heavy atom. The van der Waals surface area contributed by atoms with Crippen molar-refractivity contribution in [2.24, 2.45) is 0 Å². The van der Waals surface area contributed by atoms with Crippen LogP contribution < -0.4 is 11.1 Å². The number of nitrogens with two attached hydrogens (primary N) is 1. The Hall–Kier alpha value is -1.75. The third-order valence-corrected chi connectivity index (χ3v) is 3.66. The third kappa shape index (κ3) is 3.63. The minimum atomic E-state index is -0.346. The van der Waals surface area contributed by atoms with Crippen molar-refractivity contribution in [3.63, 3.8) is 0 Å². The molecule has 5 heteroatoms. The molecule has 0 atom stereocenters. The lowest BCUT2D eigenvalue weighted by Gasteiger charge is -2.20. The summed E-state index contributed by atoms with van der Waals surface area (Å²) < 4.78 is 4.72. The molecule has 1 aromatic carbocycles. The predicted octanol–water partition coefficient (Wildman–Crippen LogP) is 1.95. The fourth-order valence-electron chi connectivity index (χ4n) is 2.33. The van der Waals surface area contributed by atoms with E-state index in [2.05, 4.69) is 17.1 Å². The summed E-state index contributed by atoms with van der Waals surface area (Å²) in [6, 6.07) is 5.91. The molecule has 0 amide bonds. The van der Waals surface area contributed by atoms with Gasteiger partial charge in [-0.25, -0.2) is 4.79 Å². The average molecular weight is 277 g/mol. The summed E-state index contributed by atoms with van der Waals surface area (Å²) in [5, 5.41) is 3.31. The Morgan fingerprint density at radius 2 is 2.25 bits per heavy atom. The highest BCUT2D eigenvalue weighted by molar-refractivity contribution is 5.91. The highest BCUT2D eigenvalue weighted by Crippen LogP contribution is 2.26. The first-order valence-corrected chi connectivity index (χ1v) is 7.11. The topological polar surface area (TPSA) is 67.6 Å². The molecule has 0 bridgehead atoms. The number of nitrogens with zero attached hydrogens (tertiary/aromatic N) is 1. The number of esters is 1. The zero-order valence-corrected chi connectivity index (χ0v) is 12.2. The van der Waals surface area contributed by atoms with Crippen LogP contribution in [0.4, 0.5) is 11.4 Å². The molecule has 0 saturated heterocycles. The van der Waals surface area contributed by atoms with E-state index in [4.69, 9.17) is 10.5 Å². The number of hydrogen-bond donors (Lipinski definition) is 2.